The molecule has 0 aliphatic rings. The zero-order valence-corrected chi connectivity index (χ0v) is 16.1. The molecule has 0 aliphatic heterocycles. The number of fused-ring (bicyclic) bond motifs is 1. The molecule has 1 N–H and O–H groups in total. The standard InChI is InChI=1S/C19H13ClN4O3S/c1-27-13-5-2-11(3-6-13)14-9-28-19-17(14)18(21-10-22-19)23-16-7-4-12(24(25)26)8-15(16)20/h2-10H,1H3,(H,21,22,23). The number of anilines is 2. The van der Waals surface area contributed by atoms with Gasteiger partial charge in [-0.25, -0.2) is 9.97 Å². The fourth-order valence-corrected chi connectivity index (χ4v) is 3.94. The highest BCUT2D eigenvalue weighted by Crippen LogP contribution is 2.39. The molecule has 0 atom stereocenters. The van der Waals surface area contributed by atoms with E-state index in [-0.39, 0.29) is 10.7 Å². The summed E-state index contributed by atoms with van der Waals surface area (Å²) in [5.74, 6) is 1.35. The summed E-state index contributed by atoms with van der Waals surface area (Å²) in [6, 6.07) is 12.0. The molecule has 0 spiro atoms. The highest BCUT2D eigenvalue weighted by molar-refractivity contribution is 7.17. The predicted octanol–water partition coefficient (Wildman–Crippen LogP) is 5.67. The van der Waals surface area contributed by atoms with E-state index in [1.807, 2.05) is 29.6 Å². The molecule has 0 saturated carbocycles. The summed E-state index contributed by atoms with van der Waals surface area (Å²) in [6.07, 6.45) is 1.47. The average molecular weight is 413 g/mol. The molecule has 28 heavy (non-hydrogen) atoms. The lowest BCUT2D eigenvalue weighted by atomic mass is 10.1. The zero-order chi connectivity index (χ0) is 19.7. The van der Waals surface area contributed by atoms with E-state index in [1.54, 1.807) is 13.2 Å². The molecule has 140 valence electrons. The molecule has 0 fully saturated rings. The van der Waals surface area contributed by atoms with Gasteiger partial charge in [-0.3, -0.25) is 10.1 Å². The van der Waals surface area contributed by atoms with Gasteiger partial charge in [-0.2, -0.15) is 0 Å². The highest BCUT2D eigenvalue weighted by atomic mass is 35.5. The SMILES string of the molecule is COc1ccc(-c2csc3ncnc(Nc4ccc([N+](=O)[O-])cc4Cl)c23)cc1. The van der Waals surface area contributed by atoms with Crippen molar-refractivity contribution in [2.75, 3.05) is 12.4 Å². The highest BCUT2D eigenvalue weighted by Gasteiger charge is 2.15. The molecule has 2 aromatic heterocycles. The number of nitrogens with one attached hydrogen (secondary N) is 1. The number of hydrogen-bond donors (Lipinski definition) is 1. The fourth-order valence-electron chi connectivity index (χ4n) is 2.80. The summed E-state index contributed by atoms with van der Waals surface area (Å²) in [6.45, 7) is 0. The molecule has 0 radical (unpaired) electrons. The maximum atomic E-state index is 10.9. The van der Waals surface area contributed by atoms with Crippen LogP contribution in [0.2, 0.25) is 5.02 Å². The summed E-state index contributed by atoms with van der Waals surface area (Å²) in [5, 5.41) is 17.2. The molecule has 0 aliphatic carbocycles. The third kappa shape index (κ3) is 3.35. The lowest BCUT2D eigenvalue weighted by Crippen LogP contribution is -1.97. The van der Waals surface area contributed by atoms with Crippen molar-refractivity contribution in [3.8, 4) is 16.9 Å². The minimum atomic E-state index is -0.487. The second-order valence-corrected chi connectivity index (χ2v) is 7.09. The third-order valence-corrected chi connectivity index (χ3v) is 5.39. The van der Waals surface area contributed by atoms with E-state index in [2.05, 4.69) is 15.3 Å². The number of ether oxygens (including phenoxy) is 1. The van der Waals surface area contributed by atoms with Gasteiger partial charge in [-0.05, 0) is 23.8 Å². The molecule has 0 bridgehead atoms. The van der Waals surface area contributed by atoms with Gasteiger partial charge in [0.15, 0.2) is 0 Å². The van der Waals surface area contributed by atoms with E-state index in [1.165, 1.54) is 29.8 Å². The normalized spacial score (nSPS) is 10.8. The lowest BCUT2D eigenvalue weighted by Gasteiger charge is -2.10. The molecule has 7 nitrogen and oxygen atoms in total. The Labute approximate surface area is 168 Å². The maximum absolute atomic E-state index is 10.9. The van der Waals surface area contributed by atoms with Crippen LogP contribution in [0.15, 0.2) is 54.2 Å². The van der Waals surface area contributed by atoms with Crippen LogP contribution in [0.5, 0.6) is 5.75 Å². The number of thiophene rings is 1. The molecule has 4 aromatic rings. The Morgan fingerprint density at radius 1 is 1.18 bits per heavy atom. The van der Waals surface area contributed by atoms with Gasteiger partial charge in [-0.15, -0.1) is 11.3 Å². The van der Waals surface area contributed by atoms with Crippen molar-refractivity contribution >= 4 is 50.3 Å². The largest absolute Gasteiger partial charge is 0.497 e. The van der Waals surface area contributed by atoms with E-state index in [4.69, 9.17) is 16.3 Å². The predicted molar refractivity (Wildman–Crippen MR) is 111 cm³/mol. The van der Waals surface area contributed by atoms with E-state index < -0.39 is 4.92 Å². The first-order valence-electron chi connectivity index (χ1n) is 8.14. The van der Waals surface area contributed by atoms with Crippen molar-refractivity contribution in [1.29, 1.82) is 0 Å². The molecule has 0 unspecified atom stereocenters. The number of hydrogen-bond acceptors (Lipinski definition) is 7. The van der Waals surface area contributed by atoms with Crippen LogP contribution in [-0.2, 0) is 0 Å². The zero-order valence-electron chi connectivity index (χ0n) is 14.5. The minimum absolute atomic E-state index is 0.0714. The number of rotatable bonds is 5. The summed E-state index contributed by atoms with van der Waals surface area (Å²) in [4.78, 5) is 19.9. The lowest BCUT2D eigenvalue weighted by molar-refractivity contribution is -0.384. The summed E-state index contributed by atoms with van der Waals surface area (Å²) >= 11 is 7.73. The van der Waals surface area contributed by atoms with Crippen molar-refractivity contribution in [3.05, 3.63) is 69.3 Å². The Balaban J connectivity index is 1.77. The Morgan fingerprint density at radius 2 is 1.96 bits per heavy atom. The Bertz CT molecular complexity index is 1180. The Morgan fingerprint density at radius 3 is 2.64 bits per heavy atom. The summed E-state index contributed by atoms with van der Waals surface area (Å²) in [7, 11) is 1.62. The number of aromatic nitrogens is 2. The minimum Gasteiger partial charge on any atom is -0.497 e. The second-order valence-electron chi connectivity index (χ2n) is 5.83. The number of methoxy groups -OCH3 is 1. The molecule has 0 saturated heterocycles. The molecule has 4 rings (SSSR count). The fraction of sp³-hybridized carbons (Fsp3) is 0.0526. The van der Waals surface area contributed by atoms with Crippen LogP contribution >= 0.6 is 22.9 Å². The van der Waals surface area contributed by atoms with Crippen LogP contribution in [0.4, 0.5) is 17.2 Å². The van der Waals surface area contributed by atoms with Crippen LogP contribution < -0.4 is 10.1 Å². The van der Waals surface area contributed by atoms with Gasteiger partial charge in [0.25, 0.3) is 5.69 Å². The van der Waals surface area contributed by atoms with Crippen LogP contribution in [-0.4, -0.2) is 22.0 Å². The molecule has 9 heteroatoms. The number of benzene rings is 2. The van der Waals surface area contributed by atoms with E-state index in [0.29, 0.717) is 11.5 Å². The van der Waals surface area contributed by atoms with Crippen LogP contribution in [0, 0.1) is 10.1 Å². The Hall–Kier alpha value is -3.23. The molecule has 2 aromatic carbocycles. The van der Waals surface area contributed by atoms with Gasteiger partial charge >= 0.3 is 0 Å². The summed E-state index contributed by atoms with van der Waals surface area (Å²) < 4.78 is 5.22. The molecule has 0 amide bonds. The molecular weight excluding hydrogens is 400 g/mol. The second kappa shape index (κ2) is 7.41. The van der Waals surface area contributed by atoms with Gasteiger partial charge in [0.1, 0.15) is 22.7 Å². The van der Waals surface area contributed by atoms with Crippen molar-refractivity contribution in [1.82, 2.24) is 9.97 Å². The number of nitro benzene ring substituents is 1. The molecule has 2 heterocycles. The average Bonchev–Trinajstić information content (AvgIpc) is 3.14. The first kappa shape index (κ1) is 18.1. The van der Waals surface area contributed by atoms with E-state index in [0.717, 1.165) is 27.1 Å². The first-order valence-corrected chi connectivity index (χ1v) is 9.40. The van der Waals surface area contributed by atoms with Gasteiger partial charge in [-0.1, -0.05) is 23.7 Å². The van der Waals surface area contributed by atoms with Crippen LogP contribution in [0.25, 0.3) is 21.3 Å². The maximum Gasteiger partial charge on any atom is 0.271 e. The Kier molecular flexibility index (Phi) is 4.81. The smallest absolute Gasteiger partial charge is 0.271 e. The van der Waals surface area contributed by atoms with Crippen molar-refractivity contribution in [3.63, 3.8) is 0 Å². The number of non-ortho nitro benzene ring substituents is 1. The van der Waals surface area contributed by atoms with E-state index in [9.17, 15) is 10.1 Å². The van der Waals surface area contributed by atoms with Crippen molar-refractivity contribution in [2.45, 2.75) is 0 Å². The third-order valence-electron chi connectivity index (χ3n) is 4.19. The number of halogens is 1. The molecular formula is C19H13ClN4O3S. The van der Waals surface area contributed by atoms with Gasteiger partial charge < -0.3 is 10.1 Å². The van der Waals surface area contributed by atoms with Crippen molar-refractivity contribution < 1.29 is 9.66 Å². The summed E-state index contributed by atoms with van der Waals surface area (Å²) in [5.41, 5.74) is 2.43. The van der Waals surface area contributed by atoms with Crippen LogP contribution in [0.1, 0.15) is 0 Å². The number of nitrogens with zero attached hydrogens (tertiary/aromatic N) is 3. The van der Waals surface area contributed by atoms with E-state index >= 15 is 0 Å². The quantitative estimate of drug-likeness (QED) is 0.335. The monoisotopic (exact) mass is 412 g/mol. The van der Waals surface area contributed by atoms with Gasteiger partial charge in [0, 0.05) is 23.1 Å². The first-order chi connectivity index (χ1) is 13.6. The topological polar surface area (TPSA) is 90.2 Å². The van der Waals surface area contributed by atoms with Gasteiger partial charge in [0.2, 0.25) is 0 Å². The van der Waals surface area contributed by atoms with Crippen LogP contribution in [0.3, 0.4) is 0 Å². The number of nitro groups is 1. The van der Waals surface area contributed by atoms with Crippen molar-refractivity contribution in [2.24, 2.45) is 0 Å². The van der Waals surface area contributed by atoms with Gasteiger partial charge in [0.05, 0.1) is 28.1 Å².